The summed E-state index contributed by atoms with van der Waals surface area (Å²) in [6.45, 7) is 2.15. The van der Waals surface area contributed by atoms with Gasteiger partial charge in [-0.05, 0) is 36.1 Å². The van der Waals surface area contributed by atoms with Crippen molar-refractivity contribution in [3.63, 3.8) is 0 Å². The maximum absolute atomic E-state index is 13.1. The third-order valence-electron chi connectivity index (χ3n) is 4.71. The highest BCUT2D eigenvalue weighted by molar-refractivity contribution is 7.12. The number of thiophene rings is 1. The number of aromatic nitrogens is 1. The highest BCUT2D eigenvalue weighted by atomic mass is 32.1. The Kier molecular flexibility index (Phi) is 4.79. The third kappa shape index (κ3) is 3.23. The highest BCUT2D eigenvalue weighted by Crippen LogP contribution is 2.40. The van der Waals surface area contributed by atoms with E-state index >= 15 is 0 Å². The lowest BCUT2D eigenvalue weighted by Crippen LogP contribution is -2.31. The number of aliphatic hydroxyl groups excluding tert-OH is 1. The molecule has 1 unspecified atom stereocenters. The Morgan fingerprint density at radius 3 is 2.71 bits per heavy atom. The summed E-state index contributed by atoms with van der Waals surface area (Å²) >= 11 is 1.29. The van der Waals surface area contributed by atoms with E-state index in [2.05, 4.69) is 4.98 Å². The number of benzene rings is 1. The lowest BCUT2D eigenvalue weighted by molar-refractivity contribution is -0.130. The largest absolute Gasteiger partial charge is 0.503 e. The van der Waals surface area contributed by atoms with Gasteiger partial charge in [-0.1, -0.05) is 42.0 Å². The molecule has 0 radical (unpaired) electrons. The zero-order valence-corrected chi connectivity index (χ0v) is 16.0. The number of carbonyl (C=O) groups is 2. The van der Waals surface area contributed by atoms with E-state index in [4.69, 9.17) is 0 Å². The van der Waals surface area contributed by atoms with Crippen LogP contribution in [-0.2, 0) is 11.3 Å². The van der Waals surface area contributed by atoms with E-state index in [1.165, 1.54) is 16.2 Å². The molecule has 0 saturated heterocycles. The maximum Gasteiger partial charge on any atom is 0.290 e. The van der Waals surface area contributed by atoms with Crippen molar-refractivity contribution < 1.29 is 14.7 Å². The molecule has 1 amide bonds. The molecule has 0 aliphatic carbocycles. The Bertz CT molecular complexity index is 1060. The van der Waals surface area contributed by atoms with Gasteiger partial charge in [0.25, 0.3) is 5.91 Å². The predicted octanol–water partition coefficient (Wildman–Crippen LogP) is 4.23. The van der Waals surface area contributed by atoms with E-state index in [1.807, 2.05) is 43.3 Å². The number of aryl methyl sites for hydroxylation is 1. The van der Waals surface area contributed by atoms with Gasteiger partial charge in [0.15, 0.2) is 5.76 Å². The van der Waals surface area contributed by atoms with Gasteiger partial charge in [0.2, 0.25) is 5.78 Å². The van der Waals surface area contributed by atoms with Gasteiger partial charge < -0.3 is 10.0 Å². The zero-order chi connectivity index (χ0) is 19.7. The summed E-state index contributed by atoms with van der Waals surface area (Å²) in [5.74, 6) is -1.37. The van der Waals surface area contributed by atoms with Gasteiger partial charge in [-0.2, -0.15) is 0 Å². The number of hydrogen-bond acceptors (Lipinski definition) is 5. The standard InChI is InChI=1S/C22H18N2O3S/c1-14-6-4-7-15(12-14)19-18(20(25)17-9-5-11-28-17)21(26)22(27)24(19)13-16-8-2-3-10-23-16/h2-12,19,26H,13H2,1H3. The van der Waals surface area contributed by atoms with Crippen molar-refractivity contribution in [3.8, 4) is 0 Å². The van der Waals surface area contributed by atoms with Crippen molar-refractivity contribution in [2.45, 2.75) is 19.5 Å². The van der Waals surface area contributed by atoms with Crippen LogP contribution >= 0.6 is 11.3 Å². The summed E-state index contributed by atoms with van der Waals surface area (Å²) in [6.07, 6.45) is 1.66. The molecule has 0 fully saturated rings. The molecule has 1 atom stereocenters. The van der Waals surface area contributed by atoms with Crippen LogP contribution in [0.1, 0.15) is 32.5 Å². The molecule has 1 N–H and O–H groups in total. The second-order valence-electron chi connectivity index (χ2n) is 6.64. The number of aliphatic hydroxyl groups is 1. The van der Waals surface area contributed by atoms with E-state index in [1.54, 1.807) is 29.8 Å². The molecule has 1 aliphatic rings. The second kappa shape index (κ2) is 7.40. The number of Topliss-reactive ketones (excluding diaryl/α,β-unsaturated/α-hetero) is 1. The van der Waals surface area contributed by atoms with Crippen molar-refractivity contribution in [3.05, 3.63) is 99.2 Å². The SMILES string of the molecule is Cc1cccc(C2C(C(=O)c3cccs3)=C(O)C(=O)N2Cc2ccccn2)c1. The van der Waals surface area contributed by atoms with Crippen LogP contribution in [0.5, 0.6) is 0 Å². The lowest BCUT2D eigenvalue weighted by atomic mass is 9.94. The van der Waals surface area contributed by atoms with Gasteiger partial charge in [0.1, 0.15) is 0 Å². The number of ketones is 1. The van der Waals surface area contributed by atoms with Gasteiger partial charge >= 0.3 is 0 Å². The van der Waals surface area contributed by atoms with Crippen LogP contribution in [0, 0.1) is 6.92 Å². The first-order chi connectivity index (χ1) is 13.6. The minimum atomic E-state index is -0.663. The van der Waals surface area contributed by atoms with Crippen LogP contribution in [0.4, 0.5) is 0 Å². The average Bonchev–Trinajstić information content (AvgIpc) is 3.32. The Morgan fingerprint density at radius 1 is 1.18 bits per heavy atom. The van der Waals surface area contributed by atoms with Crippen molar-refractivity contribution in [1.82, 2.24) is 9.88 Å². The van der Waals surface area contributed by atoms with Crippen molar-refractivity contribution in [1.29, 1.82) is 0 Å². The lowest BCUT2D eigenvalue weighted by Gasteiger charge is -2.26. The van der Waals surface area contributed by atoms with Crippen LogP contribution in [0.25, 0.3) is 0 Å². The molecule has 28 heavy (non-hydrogen) atoms. The quantitative estimate of drug-likeness (QED) is 0.662. The first-order valence-electron chi connectivity index (χ1n) is 8.85. The highest BCUT2D eigenvalue weighted by Gasteiger charge is 2.44. The number of amides is 1. The van der Waals surface area contributed by atoms with E-state index in [0.29, 0.717) is 10.6 Å². The summed E-state index contributed by atoms with van der Waals surface area (Å²) in [5, 5.41) is 12.4. The van der Waals surface area contributed by atoms with Gasteiger partial charge in [-0.3, -0.25) is 14.6 Å². The second-order valence-corrected chi connectivity index (χ2v) is 7.59. The molecule has 0 bridgehead atoms. The van der Waals surface area contributed by atoms with Gasteiger partial charge in [0.05, 0.1) is 28.7 Å². The van der Waals surface area contributed by atoms with Crippen LogP contribution in [0.2, 0.25) is 0 Å². The minimum absolute atomic E-state index is 0.119. The van der Waals surface area contributed by atoms with Gasteiger partial charge in [0, 0.05) is 6.20 Å². The summed E-state index contributed by atoms with van der Waals surface area (Å²) in [5.41, 5.74) is 2.60. The predicted molar refractivity (Wildman–Crippen MR) is 107 cm³/mol. The topological polar surface area (TPSA) is 70.5 Å². The Morgan fingerprint density at radius 2 is 2.04 bits per heavy atom. The van der Waals surface area contributed by atoms with Crippen LogP contribution in [0.15, 0.2) is 77.5 Å². The number of hydrogen-bond donors (Lipinski definition) is 1. The molecule has 0 spiro atoms. The molecule has 6 heteroatoms. The molecule has 140 valence electrons. The molecular weight excluding hydrogens is 372 g/mol. The van der Waals surface area contributed by atoms with Gasteiger partial charge in [-0.25, -0.2) is 0 Å². The van der Waals surface area contributed by atoms with Crippen LogP contribution in [-0.4, -0.2) is 26.7 Å². The first kappa shape index (κ1) is 18.1. The van der Waals surface area contributed by atoms with E-state index < -0.39 is 17.7 Å². The van der Waals surface area contributed by atoms with Crippen molar-refractivity contribution >= 4 is 23.0 Å². The minimum Gasteiger partial charge on any atom is -0.503 e. The van der Waals surface area contributed by atoms with E-state index in [0.717, 1.165) is 11.1 Å². The van der Waals surface area contributed by atoms with Crippen molar-refractivity contribution in [2.24, 2.45) is 0 Å². The summed E-state index contributed by atoms with van der Waals surface area (Å²) in [4.78, 5) is 32.3. The fraction of sp³-hybridized carbons (Fsp3) is 0.136. The Balaban J connectivity index is 1.81. The summed E-state index contributed by atoms with van der Waals surface area (Å²) in [6, 6.07) is 15.9. The average molecular weight is 390 g/mol. The number of rotatable bonds is 5. The Labute approximate surface area is 166 Å². The molecule has 3 heterocycles. The fourth-order valence-electron chi connectivity index (χ4n) is 3.44. The first-order valence-corrected chi connectivity index (χ1v) is 9.73. The van der Waals surface area contributed by atoms with Crippen molar-refractivity contribution in [2.75, 3.05) is 0 Å². The number of nitrogens with zero attached hydrogens (tertiary/aromatic N) is 2. The normalized spacial score (nSPS) is 16.7. The number of pyridine rings is 1. The van der Waals surface area contributed by atoms with Gasteiger partial charge in [-0.15, -0.1) is 11.3 Å². The maximum atomic E-state index is 13.1. The summed E-state index contributed by atoms with van der Waals surface area (Å²) < 4.78 is 0. The number of carbonyl (C=O) groups excluding carboxylic acids is 2. The molecule has 1 aliphatic heterocycles. The smallest absolute Gasteiger partial charge is 0.290 e. The zero-order valence-electron chi connectivity index (χ0n) is 15.2. The Hall–Kier alpha value is -3.25. The fourth-order valence-corrected chi connectivity index (χ4v) is 4.12. The molecule has 5 nitrogen and oxygen atoms in total. The summed E-state index contributed by atoms with van der Waals surface area (Å²) in [7, 11) is 0. The molecule has 3 aromatic rings. The molecule has 2 aromatic heterocycles. The molecule has 0 saturated carbocycles. The monoisotopic (exact) mass is 390 g/mol. The molecule has 1 aromatic carbocycles. The van der Waals surface area contributed by atoms with E-state index in [9.17, 15) is 14.7 Å². The molecular formula is C22H18N2O3S. The van der Waals surface area contributed by atoms with Crippen LogP contribution in [0.3, 0.4) is 0 Å². The van der Waals surface area contributed by atoms with E-state index in [-0.39, 0.29) is 17.9 Å². The van der Waals surface area contributed by atoms with Crippen LogP contribution < -0.4 is 0 Å². The molecule has 4 rings (SSSR count). The third-order valence-corrected chi connectivity index (χ3v) is 5.58.